The largest absolute Gasteiger partial charge is 0.588 e. The van der Waals surface area contributed by atoms with E-state index in [2.05, 4.69) is 41.9 Å². The fraction of sp³-hybridized carbons (Fsp3) is 0.321. The van der Waals surface area contributed by atoms with Crippen molar-refractivity contribution in [3.63, 3.8) is 0 Å². The Morgan fingerprint density at radius 2 is 1.86 bits per heavy atom. The quantitative estimate of drug-likeness (QED) is 0.275. The molecule has 1 unspecified atom stereocenters. The first-order valence-corrected chi connectivity index (χ1v) is 13.4. The van der Waals surface area contributed by atoms with Crippen LogP contribution < -0.4 is 9.46 Å². The Hall–Kier alpha value is -3.36. The molecule has 0 aliphatic heterocycles. The number of ether oxygens (including phenoxy) is 1. The third kappa shape index (κ3) is 5.39. The molecule has 1 aliphatic carbocycles. The zero-order valence-electron chi connectivity index (χ0n) is 21.1. The van der Waals surface area contributed by atoms with Gasteiger partial charge in [-0.3, -0.25) is 4.68 Å². The smallest absolute Gasteiger partial charge is 0.269 e. The van der Waals surface area contributed by atoms with Crippen LogP contribution in [-0.2, 0) is 24.8 Å². The number of rotatable bonds is 9. The van der Waals surface area contributed by atoms with Crippen LogP contribution in [0.25, 0.3) is 11.3 Å². The number of aromatic nitrogens is 4. The number of nitrogens with zero attached hydrogens (tertiary/aromatic N) is 4. The molecular weight excluding hydrogens is 470 g/mol. The molecular formula is C28H31N5O2S. The maximum Gasteiger partial charge on any atom is 0.269 e. The van der Waals surface area contributed by atoms with Gasteiger partial charge in [-0.15, -0.1) is 0 Å². The van der Waals surface area contributed by atoms with E-state index in [1.165, 1.54) is 5.56 Å². The van der Waals surface area contributed by atoms with E-state index in [4.69, 9.17) is 14.7 Å². The zero-order valence-corrected chi connectivity index (χ0v) is 21.9. The fourth-order valence-electron chi connectivity index (χ4n) is 4.30. The summed E-state index contributed by atoms with van der Waals surface area (Å²) in [5.41, 5.74) is 5.19. The van der Waals surface area contributed by atoms with E-state index in [0.29, 0.717) is 22.6 Å². The van der Waals surface area contributed by atoms with Gasteiger partial charge in [0.05, 0.1) is 11.9 Å². The molecule has 7 nitrogen and oxygen atoms in total. The standard InChI is InChI=1S/C28H31N5O2S/c1-18(2)15-21-10-6-7-11-23(21)26-25(20-13-14-20)27(35-24-12-8-5-9-19(24)3)31-28(30-26)32-36(34)22-16-29-33(4)17-22/h5-12,16-18,20H,13-15H2,1-4H3,(H,30,31,32). The van der Waals surface area contributed by atoms with Crippen LogP contribution in [0.4, 0.5) is 5.95 Å². The van der Waals surface area contributed by atoms with Crippen LogP contribution in [0.2, 0.25) is 0 Å². The summed E-state index contributed by atoms with van der Waals surface area (Å²) in [6.07, 6.45) is 6.36. The topological polar surface area (TPSA) is 87.9 Å². The van der Waals surface area contributed by atoms with E-state index in [1.807, 2.05) is 37.3 Å². The van der Waals surface area contributed by atoms with Crippen molar-refractivity contribution in [2.45, 2.75) is 50.8 Å². The lowest BCUT2D eigenvalue weighted by atomic mass is 9.93. The number of aryl methyl sites for hydroxylation is 2. The lowest BCUT2D eigenvalue weighted by molar-refractivity contribution is 0.453. The van der Waals surface area contributed by atoms with Crippen LogP contribution in [0.15, 0.2) is 65.8 Å². The fourth-order valence-corrected chi connectivity index (χ4v) is 5.06. The number of hydrogen-bond donors (Lipinski definition) is 1. The van der Waals surface area contributed by atoms with E-state index < -0.39 is 11.4 Å². The lowest BCUT2D eigenvalue weighted by Crippen LogP contribution is -2.16. The summed E-state index contributed by atoms with van der Waals surface area (Å²) in [5.74, 6) is 2.36. The summed E-state index contributed by atoms with van der Waals surface area (Å²) in [6.45, 7) is 6.45. The third-order valence-electron chi connectivity index (χ3n) is 6.18. The van der Waals surface area contributed by atoms with Crippen LogP contribution >= 0.6 is 0 Å². The van der Waals surface area contributed by atoms with Crippen LogP contribution in [-0.4, -0.2) is 24.3 Å². The summed E-state index contributed by atoms with van der Waals surface area (Å²) in [5, 5.41) is 4.13. The van der Waals surface area contributed by atoms with Crippen molar-refractivity contribution in [2.24, 2.45) is 13.0 Å². The molecule has 0 amide bonds. The second kappa shape index (κ2) is 10.3. The van der Waals surface area contributed by atoms with Gasteiger partial charge in [-0.05, 0) is 55.2 Å². The molecule has 4 aromatic rings. The minimum atomic E-state index is -1.57. The first kappa shape index (κ1) is 24.3. The monoisotopic (exact) mass is 501 g/mol. The lowest BCUT2D eigenvalue weighted by Gasteiger charge is -2.19. The van der Waals surface area contributed by atoms with E-state index in [-0.39, 0.29) is 5.95 Å². The molecule has 2 aromatic carbocycles. The predicted octanol–water partition coefficient (Wildman–Crippen LogP) is 6.19. The SMILES string of the molecule is Cc1ccccc1Oc1nc(N[S+]([O-])c2cnn(C)c2)nc(-c2ccccc2CC(C)C)c1C1CC1. The summed E-state index contributed by atoms with van der Waals surface area (Å²) < 4.78 is 24.1. The van der Waals surface area contributed by atoms with Crippen molar-refractivity contribution in [3.05, 3.63) is 77.6 Å². The molecule has 1 fully saturated rings. The van der Waals surface area contributed by atoms with Gasteiger partial charge >= 0.3 is 0 Å². The van der Waals surface area contributed by atoms with Crippen molar-refractivity contribution in [2.75, 3.05) is 4.72 Å². The van der Waals surface area contributed by atoms with E-state index >= 15 is 0 Å². The van der Waals surface area contributed by atoms with Gasteiger partial charge in [0.15, 0.2) is 0 Å². The van der Waals surface area contributed by atoms with Crippen molar-refractivity contribution in [3.8, 4) is 22.9 Å². The first-order valence-electron chi connectivity index (χ1n) is 12.3. The summed E-state index contributed by atoms with van der Waals surface area (Å²) in [6, 6.07) is 16.3. The Kier molecular flexibility index (Phi) is 6.98. The van der Waals surface area contributed by atoms with Crippen LogP contribution in [0, 0.1) is 12.8 Å². The highest BCUT2D eigenvalue weighted by Gasteiger charge is 2.34. The molecule has 1 atom stereocenters. The summed E-state index contributed by atoms with van der Waals surface area (Å²) >= 11 is -1.57. The maximum atomic E-state index is 13.1. The maximum absolute atomic E-state index is 13.1. The van der Waals surface area contributed by atoms with Crippen molar-refractivity contribution in [1.82, 2.24) is 19.7 Å². The predicted molar refractivity (Wildman–Crippen MR) is 142 cm³/mol. The summed E-state index contributed by atoms with van der Waals surface area (Å²) in [7, 11) is 1.79. The van der Waals surface area contributed by atoms with Gasteiger partial charge in [-0.2, -0.15) is 14.8 Å². The molecule has 5 rings (SSSR count). The molecule has 2 aromatic heterocycles. The zero-order chi connectivity index (χ0) is 25.2. The average Bonchev–Trinajstić information content (AvgIpc) is 3.59. The minimum Gasteiger partial charge on any atom is -0.588 e. The van der Waals surface area contributed by atoms with Gasteiger partial charge in [0.2, 0.25) is 10.8 Å². The van der Waals surface area contributed by atoms with Gasteiger partial charge in [-0.1, -0.05) is 56.3 Å². The minimum absolute atomic E-state index is 0.263. The van der Waals surface area contributed by atoms with Crippen LogP contribution in [0.5, 0.6) is 11.6 Å². The molecule has 0 saturated heterocycles. The molecule has 1 saturated carbocycles. The van der Waals surface area contributed by atoms with E-state index in [1.54, 1.807) is 24.1 Å². The number of nitrogens with one attached hydrogen (secondary N) is 1. The molecule has 1 N–H and O–H groups in total. The molecule has 0 bridgehead atoms. The average molecular weight is 502 g/mol. The number of benzene rings is 2. The Morgan fingerprint density at radius 1 is 1.11 bits per heavy atom. The highest BCUT2D eigenvalue weighted by molar-refractivity contribution is 7.92. The Balaban J connectivity index is 1.64. The first-order chi connectivity index (χ1) is 17.4. The summed E-state index contributed by atoms with van der Waals surface area (Å²) in [4.78, 5) is 10.3. The Bertz CT molecular complexity index is 1370. The van der Waals surface area contributed by atoms with Gasteiger partial charge in [0.25, 0.3) is 5.95 Å². The van der Waals surface area contributed by atoms with E-state index in [9.17, 15) is 4.55 Å². The molecule has 36 heavy (non-hydrogen) atoms. The van der Waals surface area contributed by atoms with Crippen molar-refractivity contribution >= 4 is 17.3 Å². The van der Waals surface area contributed by atoms with Gasteiger partial charge in [-0.25, -0.2) is 4.98 Å². The van der Waals surface area contributed by atoms with Gasteiger partial charge in [0.1, 0.15) is 23.3 Å². The highest BCUT2D eigenvalue weighted by Crippen LogP contribution is 2.49. The molecule has 1 aliphatic rings. The van der Waals surface area contributed by atoms with Gasteiger partial charge < -0.3 is 9.29 Å². The molecule has 186 valence electrons. The molecule has 2 heterocycles. The number of hydrogen-bond acceptors (Lipinski definition) is 6. The Labute approximate surface area is 215 Å². The van der Waals surface area contributed by atoms with Crippen molar-refractivity contribution < 1.29 is 9.29 Å². The van der Waals surface area contributed by atoms with E-state index in [0.717, 1.165) is 47.4 Å². The Morgan fingerprint density at radius 3 is 2.56 bits per heavy atom. The third-order valence-corrected chi connectivity index (χ3v) is 7.18. The number of anilines is 1. The molecule has 8 heteroatoms. The van der Waals surface area contributed by atoms with Crippen molar-refractivity contribution in [1.29, 1.82) is 0 Å². The van der Waals surface area contributed by atoms with Crippen LogP contribution in [0.1, 0.15) is 49.3 Å². The second-order valence-electron chi connectivity index (χ2n) is 9.73. The molecule has 0 spiro atoms. The number of para-hydroxylation sites is 1. The second-order valence-corrected chi connectivity index (χ2v) is 10.9. The molecule has 0 radical (unpaired) electrons. The van der Waals surface area contributed by atoms with Gasteiger partial charge in [0, 0.05) is 18.2 Å². The normalized spacial score (nSPS) is 14.2. The van der Waals surface area contributed by atoms with Crippen LogP contribution in [0.3, 0.4) is 0 Å². The highest BCUT2D eigenvalue weighted by atomic mass is 32.2.